The van der Waals surface area contributed by atoms with Crippen molar-refractivity contribution in [2.75, 3.05) is 19.8 Å². The number of nitrogens with one attached hydrogen (secondary N) is 1. The van der Waals surface area contributed by atoms with Crippen LogP contribution in [0.2, 0.25) is 0 Å². The lowest BCUT2D eigenvalue weighted by Gasteiger charge is -2.18. The van der Waals surface area contributed by atoms with Crippen LogP contribution in [0.3, 0.4) is 0 Å². The molecule has 11 nitrogen and oxygen atoms in total. The van der Waals surface area contributed by atoms with Crippen molar-refractivity contribution in [3.63, 3.8) is 0 Å². The maximum absolute atomic E-state index is 12.3. The second-order valence-electron chi connectivity index (χ2n) is 16.3. The maximum Gasteiger partial charge on any atom is 0.472 e. The Balaban J connectivity index is 3.78. The van der Waals surface area contributed by atoms with Gasteiger partial charge in [-0.3, -0.25) is 18.6 Å². The zero-order valence-electron chi connectivity index (χ0n) is 37.1. The van der Waals surface area contributed by atoms with Crippen LogP contribution in [0.15, 0.2) is 12.2 Å². The van der Waals surface area contributed by atoms with E-state index in [-0.39, 0.29) is 12.8 Å². The van der Waals surface area contributed by atoms with Crippen molar-refractivity contribution in [3.8, 4) is 0 Å². The molecular weight excluding hydrogens is 757 g/mol. The summed E-state index contributed by atoms with van der Waals surface area (Å²) in [6.45, 7) is 2.54. The first kappa shape index (κ1) is 56.2. The molecule has 3 atom stereocenters. The number of esters is 1. The van der Waals surface area contributed by atoms with Crippen molar-refractivity contribution in [1.82, 2.24) is 5.32 Å². The smallest absolute Gasteiger partial charge is 0.472 e. The summed E-state index contributed by atoms with van der Waals surface area (Å²) in [5.74, 6) is -2.37. The van der Waals surface area contributed by atoms with Crippen LogP contribution in [0.1, 0.15) is 232 Å². The van der Waals surface area contributed by atoms with E-state index in [4.69, 9.17) is 13.8 Å². The van der Waals surface area contributed by atoms with Crippen LogP contribution < -0.4 is 5.32 Å². The summed E-state index contributed by atoms with van der Waals surface area (Å²) < 4.78 is 26.8. The number of carboxylic acids is 1. The molecule has 0 bridgehead atoms. The number of unbranched alkanes of at least 4 members (excludes halogenated alkanes) is 29. The Morgan fingerprint density at radius 2 is 0.931 bits per heavy atom. The van der Waals surface area contributed by atoms with E-state index in [9.17, 15) is 34.1 Å². The predicted molar refractivity (Wildman–Crippen MR) is 236 cm³/mol. The minimum atomic E-state index is -4.75. The lowest BCUT2D eigenvalue weighted by molar-refractivity contribution is -0.147. The Morgan fingerprint density at radius 3 is 1.38 bits per heavy atom. The van der Waals surface area contributed by atoms with Gasteiger partial charge in [0.05, 0.1) is 13.2 Å². The Kier molecular flexibility index (Phi) is 40.6. The molecule has 0 aromatic heterocycles. The first-order chi connectivity index (χ1) is 28.1. The largest absolute Gasteiger partial charge is 0.480 e. The predicted octanol–water partition coefficient (Wildman–Crippen LogP) is 12.5. The molecule has 0 spiro atoms. The van der Waals surface area contributed by atoms with Gasteiger partial charge in [0.15, 0.2) is 6.04 Å². The molecule has 12 heteroatoms. The monoisotopic (exact) mass is 846 g/mol. The number of hydrogen-bond acceptors (Lipinski definition) is 8. The quantitative estimate of drug-likeness (QED) is 0.0200. The summed E-state index contributed by atoms with van der Waals surface area (Å²) in [7, 11) is -4.75. The van der Waals surface area contributed by atoms with E-state index in [0.717, 1.165) is 64.2 Å². The molecule has 0 heterocycles. The normalized spacial score (nSPS) is 13.7. The van der Waals surface area contributed by atoms with Gasteiger partial charge >= 0.3 is 19.8 Å². The van der Waals surface area contributed by atoms with Crippen molar-refractivity contribution in [2.45, 2.75) is 244 Å². The molecule has 1 amide bonds. The number of phosphoric ester groups is 1. The minimum Gasteiger partial charge on any atom is -0.480 e. The molecule has 0 radical (unpaired) electrons. The SMILES string of the molecule is CCC/C=C\CCCCCCCC(=O)OCC(O)COP(=O)(O)OCC(NC(=O)CCCCCCCCCCCCCCCCCCCCCCCCCC)C(=O)O. The second kappa shape index (κ2) is 41.9. The van der Waals surface area contributed by atoms with E-state index < -0.39 is 57.6 Å². The lowest BCUT2D eigenvalue weighted by Crippen LogP contribution is -2.43. The van der Waals surface area contributed by atoms with Gasteiger partial charge in [0, 0.05) is 12.8 Å². The highest BCUT2D eigenvalue weighted by Gasteiger charge is 2.28. The Hall–Kier alpha value is -1.78. The van der Waals surface area contributed by atoms with Crippen molar-refractivity contribution >= 4 is 25.7 Å². The van der Waals surface area contributed by atoms with E-state index in [1.807, 2.05) is 0 Å². The fraction of sp³-hybridized carbons (Fsp3) is 0.891. The number of allylic oxidation sites excluding steroid dienone is 2. The molecule has 0 aliphatic heterocycles. The maximum atomic E-state index is 12.3. The minimum absolute atomic E-state index is 0.151. The highest BCUT2D eigenvalue weighted by atomic mass is 31.2. The molecule has 58 heavy (non-hydrogen) atoms. The Bertz CT molecular complexity index is 1040. The molecule has 0 rings (SSSR count). The van der Waals surface area contributed by atoms with Gasteiger partial charge in [0.25, 0.3) is 0 Å². The van der Waals surface area contributed by atoms with Crippen LogP contribution in [0, 0.1) is 0 Å². The standard InChI is InChI=1S/C46H88NO10P/c1-3-5-7-9-11-13-15-16-17-18-19-20-21-22-23-24-25-26-27-28-29-31-33-35-37-44(49)47-43(46(51)52)41-57-58(53,54)56-40-42(48)39-55-45(50)38-36-34-32-30-14-12-10-8-6-4-2/h8,10,42-43,48H,3-7,9,11-41H2,1-2H3,(H,47,49)(H,51,52)(H,53,54)/b10-8-. The molecule has 0 aromatic rings. The molecule has 3 unspecified atom stereocenters. The number of aliphatic carboxylic acids is 1. The fourth-order valence-corrected chi connectivity index (χ4v) is 7.62. The first-order valence-corrected chi connectivity index (χ1v) is 25.2. The molecule has 0 aliphatic carbocycles. The molecule has 342 valence electrons. The van der Waals surface area contributed by atoms with Gasteiger partial charge in [-0.25, -0.2) is 9.36 Å². The van der Waals surface area contributed by atoms with Crippen molar-refractivity contribution in [1.29, 1.82) is 0 Å². The summed E-state index contributed by atoms with van der Waals surface area (Å²) in [4.78, 5) is 45.9. The summed E-state index contributed by atoms with van der Waals surface area (Å²) in [6.07, 6.45) is 42.6. The van der Waals surface area contributed by atoms with E-state index in [0.29, 0.717) is 12.8 Å². The molecule has 0 aliphatic rings. The van der Waals surface area contributed by atoms with Crippen molar-refractivity contribution in [3.05, 3.63) is 12.2 Å². The molecule has 0 saturated carbocycles. The van der Waals surface area contributed by atoms with E-state index in [1.54, 1.807) is 0 Å². The number of aliphatic hydroxyl groups is 1. The van der Waals surface area contributed by atoms with Gasteiger partial charge in [-0.15, -0.1) is 0 Å². The average molecular weight is 846 g/mol. The van der Waals surface area contributed by atoms with Crippen LogP contribution in [0.25, 0.3) is 0 Å². The van der Waals surface area contributed by atoms with Crippen LogP contribution in [0.5, 0.6) is 0 Å². The third-order valence-electron chi connectivity index (χ3n) is 10.5. The van der Waals surface area contributed by atoms with Gasteiger partial charge in [0.2, 0.25) is 5.91 Å². The van der Waals surface area contributed by atoms with Crippen LogP contribution in [0.4, 0.5) is 0 Å². The van der Waals surface area contributed by atoms with E-state index >= 15 is 0 Å². The summed E-state index contributed by atoms with van der Waals surface area (Å²) in [5.41, 5.74) is 0. The van der Waals surface area contributed by atoms with Gasteiger partial charge in [-0.05, 0) is 32.1 Å². The van der Waals surface area contributed by atoms with Crippen LogP contribution >= 0.6 is 7.82 Å². The number of phosphoric acid groups is 1. The highest BCUT2D eigenvalue weighted by Crippen LogP contribution is 2.43. The third kappa shape index (κ3) is 41.0. The number of carboxylic acid groups (broad SMARTS) is 1. The third-order valence-corrected chi connectivity index (χ3v) is 11.5. The number of carbonyl (C=O) groups is 3. The molecule has 0 aromatic carbocycles. The Morgan fingerprint density at radius 1 is 0.534 bits per heavy atom. The number of amides is 1. The van der Waals surface area contributed by atoms with Crippen molar-refractivity contribution in [2.24, 2.45) is 0 Å². The summed E-state index contributed by atoms with van der Waals surface area (Å²) in [5, 5.41) is 21.8. The molecule has 4 N–H and O–H groups in total. The van der Waals surface area contributed by atoms with Crippen LogP contribution in [-0.4, -0.2) is 64.9 Å². The number of ether oxygens (including phenoxy) is 1. The van der Waals surface area contributed by atoms with Gasteiger partial charge in [-0.2, -0.15) is 0 Å². The van der Waals surface area contributed by atoms with Gasteiger partial charge in [-0.1, -0.05) is 199 Å². The number of carbonyl (C=O) groups excluding carboxylic acids is 2. The zero-order chi connectivity index (χ0) is 42.8. The summed E-state index contributed by atoms with van der Waals surface area (Å²) >= 11 is 0. The topological polar surface area (TPSA) is 169 Å². The first-order valence-electron chi connectivity index (χ1n) is 23.7. The second-order valence-corrected chi connectivity index (χ2v) is 17.8. The summed E-state index contributed by atoms with van der Waals surface area (Å²) in [6, 6.07) is -1.54. The van der Waals surface area contributed by atoms with E-state index in [2.05, 4.69) is 31.3 Å². The average Bonchev–Trinajstić information content (AvgIpc) is 3.20. The lowest BCUT2D eigenvalue weighted by atomic mass is 10.0. The fourth-order valence-electron chi connectivity index (χ4n) is 6.85. The zero-order valence-corrected chi connectivity index (χ0v) is 38.0. The van der Waals surface area contributed by atoms with Gasteiger partial charge in [0.1, 0.15) is 12.7 Å². The molecule has 0 saturated heterocycles. The Labute approximate surface area is 354 Å². The number of hydrogen-bond donors (Lipinski definition) is 4. The number of aliphatic hydroxyl groups excluding tert-OH is 1. The molecular formula is C46H88NO10P. The van der Waals surface area contributed by atoms with Crippen molar-refractivity contribution < 1.29 is 47.8 Å². The van der Waals surface area contributed by atoms with Crippen LogP contribution in [-0.2, 0) is 32.7 Å². The van der Waals surface area contributed by atoms with Gasteiger partial charge < -0.3 is 25.2 Å². The highest BCUT2D eigenvalue weighted by molar-refractivity contribution is 7.47. The molecule has 0 fully saturated rings. The number of rotatable bonds is 45. The van der Waals surface area contributed by atoms with E-state index in [1.165, 1.54) is 128 Å².